The van der Waals surface area contributed by atoms with Gasteiger partial charge < -0.3 is 0 Å². The molecule has 1 aromatic heterocycles. The highest BCUT2D eigenvalue weighted by molar-refractivity contribution is 5.25. The van der Waals surface area contributed by atoms with Gasteiger partial charge in [0.1, 0.15) is 5.82 Å². The van der Waals surface area contributed by atoms with E-state index in [2.05, 4.69) is 5.10 Å². The highest BCUT2D eigenvalue weighted by atomic mass is 19.4. The Bertz CT molecular complexity index is 745. The third kappa shape index (κ3) is 2.67. The minimum absolute atomic E-state index is 0.0511. The van der Waals surface area contributed by atoms with Gasteiger partial charge in [-0.25, -0.2) is 9.48 Å². The Morgan fingerprint density at radius 3 is 2.82 bits per heavy atom. The fourth-order valence-corrected chi connectivity index (χ4v) is 2.89. The Morgan fingerprint density at radius 1 is 1.36 bits per heavy atom. The van der Waals surface area contributed by atoms with Crippen LogP contribution in [0.25, 0.3) is 0 Å². The van der Waals surface area contributed by atoms with E-state index in [4.69, 9.17) is 0 Å². The molecule has 0 amide bonds. The quantitative estimate of drug-likeness (QED) is 0.855. The highest BCUT2D eigenvalue weighted by Gasteiger charge is 2.30. The number of aryl methyl sites for hydroxylation is 1. The second-order valence-corrected chi connectivity index (χ2v) is 5.67. The number of rotatable bonds is 2. The number of alkyl halides is 3. The predicted molar refractivity (Wildman–Crippen MR) is 74.7 cm³/mol. The van der Waals surface area contributed by atoms with Crippen molar-refractivity contribution in [2.24, 2.45) is 0 Å². The predicted octanol–water partition coefficient (Wildman–Crippen LogP) is 3.01. The molecular weight excluding hydrogens is 295 g/mol. The summed E-state index contributed by atoms with van der Waals surface area (Å²) in [6.07, 6.45) is -1.76. The number of halogens is 3. The SMILES string of the molecule is C[C@H]1CCCc2nn(Cc3cccc(C(F)(F)F)c3)c(=O)n21. The van der Waals surface area contributed by atoms with E-state index < -0.39 is 11.7 Å². The van der Waals surface area contributed by atoms with E-state index in [0.29, 0.717) is 5.56 Å². The van der Waals surface area contributed by atoms with Crippen LogP contribution in [0.3, 0.4) is 0 Å². The molecule has 2 aromatic rings. The van der Waals surface area contributed by atoms with Gasteiger partial charge in [0.15, 0.2) is 0 Å². The molecule has 2 heterocycles. The smallest absolute Gasteiger partial charge is 0.276 e. The zero-order valence-electron chi connectivity index (χ0n) is 12.1. The van der Waals surface area contributed by atoms with Crippen LogP contribution in [-0.2, 0) is 19.1 Å². The van der Waals surface area contributed by atoms with E-state index in [9.17, 15) is 18.0 Å². The van der Waals surface area contributed by atoms with Gasteiger partial charge in [-0.1, -0.05) is 12.1 Å². The molecule has 1 atom stereocenters. The lowest BCUT2D eigenvalue weighted by Crippen LogP contribution is -2.29. The number of fused-ring (bicyclic) bond motifs is 1. The van der Waals surface area contributed by atoms with E-state index in [1.165, 1.54) is 10.7 Å². The van der Waals surface area contributed by atoms with Gasteiger partial charge in [0, 0.05) is 12.5 Å². The van der Waals surface area contributed by atoms with Gasteiger partial charge in [-0.15, -0.1) is 0 Å². The van der Waals surface area contributed by atoms with Gasteiger partial charge >= 0.3 is 11.9 Å². The molecule has 0 N–H and O–H groups in total. The molecule has 3 rings (SSSR count). The minimum atomic E-state index is -4.39. The van der Waals surface area contributed by atoms with Crippen LogP contribution in [0, 0.1) is 0 Å². The van der Waals surface area contributed by atoms with Gasteiger partial charge in [0.2, 0.25) is 0 Å². The van der Waals surface area contributed by atoms with Crippen LogP contribution in [0.2, 0.25) is 0 Å². The van der Waals surface area contributed by atoms with E-state index >= 15 is 0 Å². The average molecular weight is 311 g/mol. The lowest BCUT2D eigenvalue weighted by atomic mass is 10.1. The first kappa shape index (κ1) is 14.9. The van der Waals surface area contributed by atoms with Gasteiger partial charge in [0.05, 0.1) is 12.1 Å². The summed E-state index contributed by atoms with van der Waals surface area (Å²) in [4.78, 5) is 12.4. The van der Waals surface area contributed by atoms with Gasteiger partial charge in [-0.2, -0.15) is 18.3 Å². The summed E-state index contributed by atoms with van der Waals surface area (Å²) in [6.45, 7) is 2.01. The second-order valence-electron chi connectivity index (χ2n) is 5.67. The Labute approximate surface area is 125 Å². The van der Waals surface area contributed by atoms with Crippen molar-refractivity contribution in [3.63, 3.8) is 0 Å². The first-order valence-corrected chi connectivity index (χ1v) is 7.20. The molecular formula is C15H16F3N3O. The van der Waals surface area contributed by atoms with Crippen molar-refractivity contribution in [2.45, 2.75) is 44.9 Å². The Morgan fingerprint density at radius 2 is 2.14 bits per heavy atom. The van der Waals surface area contributed by atoms with Gasteiger partial charge in [0.25, 0.3) is 0 Å². The molecule has 0 unspecified atom stereocenters. The van der Waals surface area contributed by atoms with Crippen LogP contribution in [0.1, 0.15) is 42.8 Å². The Kier molecular flexibility index (Phi) is 3.58. The van der Waals surface area contributed by atoms with Gasteiger partial charge in [-0.3, -0.25) is 4.57 Å². The third-order valence-electron chi connectivity index (χ3n) is 3.99. The maximum absolute atomic E-state index is 12.7. The molecule has 0 saturated carbocycles. The maximum Gasteiger partial charge on any atom is 0.416 e. The highest BCUT2D eigenvalue weighted by Crippen LogP contribution is 2.29. The zero-order valence-corrected chi connectivity index (χ0v) is 12.1. The first-order chi connectivity index (χ1) is 10.4. The number of hydrogen-bond donors (Lipinski definition) is 0. The minimum Gasteiger partial charge on any atom is -0.276 e. The summed E-state index contributed by atoms with van der Waals surface area (Å²) in [5, 5.41) is 4.27. The Hall–Kier alpha value is -2.05. The maximum atomic E-state index is 12.7. The molecule has 0 spiro atoms. The third-order valence-corrected chi connectivity index (χ3v) is 3.99. The summed E-state index contributed by atoms with van der Waals surface area (Å²) in [6, 6.07) is 5.10. The van der Waals surface area contributed by atoms with E-state index in [-0.39, 0.29) is 18.3 Å². The van der Waals surface area contributed by atoms with Crippen LogP contribution in [0.5, 0.6) is 0 Å². The summed E-state index contributed by atoms with van der Waals surface area (Å²) in [5.41, 5.74) is -0.546. The van der Waals surface area contributed by atoms with Crippen LogP contribution >= 0.6 is 0 Å². The molecule has 4 nitrogen and oxygen atoms in total. The molecule has 0 saturated heterocycles. The van der Waals surface area contributed by atoms with Crippen LogP contribution in [0.15, 0.2) is 29.1 Å². The van der Waals surface area contributed by atoms with Crippen molar-refractivity contribution in [2.75, 3.05) is 0 Å². The van der Waals surface area contributed by atoms with E-state index in [1.54, 1.807) is 10.6 Å². The summed E-state index contributed by atoms with van der Waals surface area (Å²) in [5.74, 6) is 0.718. The second kappa shape index (κ2) is 5.30. The molecule has 7 heteroatoms. The summed E-state index contributed by atoms with van der Waals surface area (Å²) < 4.78 is 41.1. The number of hydrogen-bond acceptors (Lipinski definition) is 2. The van der Waals surface area contributed by atoms with Gasteiger partial charge in [-0.05, 0) is 37.5 Å². The fourth-order valence-electron chi connectivity index (χ4n) is 2.89. The number of nitrogens with zero attached hydrogens (tertiary/aromatic N) is 3. The topological polar surface area (TPSA) is 39.8 Å². The lowest BCUT2D eigenvalue weighted by molar-refractivity contribution is -0.137. The van der Waals surface area contributed by atoms with Crippen molar-refractivity contribution in [1.29, 1.82) is 0 Å². The standard InChI is InChI=1S/C15H16F3N3O/c1-10-4-2-7-13-19-20(14(22)21(10)13)9-11-5-3-6-12(8-11)15(16,17)18/h3,5-6,8,10H,2,4,7,9H2,1H3/t10-/m0/s1. The summed E-state index contributed by atoms with van der Waals surface area (Å²) >= 11 is 0. The lowest BCUT2D eigenvalue weighted by Gasteiger charge is -2.18. The van der Waals surface area contributed by atoms with Crippen molar-refractivity contribution < 1.29 is 13.2 Å². The molecule has 1 aliphatic heterocycles. The van der Waals surface area contributed by atoms with Crippen molar-refractivity contribution in [3.05, 3.63) is 51.7 Å². The summed E-state index contributed by atoms with van der Waals surface area (Å²) in [7, 11) is 0. The molecule has 0 bridgehead atoms. The largest absolute Gasteiger partial charge is 0.416 e. The fraction of sp³-hybridized carbons (Fsp3) is 0.467. The average Bonchev–Trinajstić information content (AvgIpc) is 2.76. The number of benzene rings is 1. The van der Waals surface area contributed by atoms with Crippen LogP contribution < -0.4 is 5.69 Å². The molecule has 1 aromatic carbocycles. The first-order valence-electron chi connectivity index (χ1n) is 7.20. The van der Waals surface area contributed by atoms with Crippen molar-refractivity contribution >= 4 is 0 Å². The molecule has 0 radical (unpaired) electrons. The molecule has 0 aliphatic carbocycles. The van der Waals surface area contributed by atoms with E-state index in [0.717, 1.165) is 37.2 Å². The van der Waals surface area contributed by atoms with Crippen molar-refractivity contribution in [3.8, 4) is 0 Å². The zero-order chi connectivity index (χ0) is 15.9. The molecule has 22 heavy (non-hydrogen) atoms. The van der Waals surface area contributed by atoms with Crippen LogP contribution in [-0.4, -0.2) is 14.3 Å². The monoisotopic (exact) mass is 311 g/mol. The Balaban J connectivity index is 1.93. The molecule has 1 aliphatic rings. The van der Waals surface area contributed by atoms with Crippen molar-refractivity contribution in [1.82, 2.24) is 14.3 Å². The molecule has 118 valence electrons. The number of aromatic nitrogens is 3. The van der Waals surface area contributed by atoms with Crippen LogP contribution in [0.4, 0.5) is 13.2 Å². The van der Waals surface area contributed by atoms with E-state index in [1.807, 2.05) is 6.92 Å². The normalized spacial score (nSPS) is 18.3. The molecule has 0 fully saturated rings.